The number of esters is 2. The molecule has 0 saturated heterocycles. The summed E-state index contributed by atoms with van der Waals surface area (Å²) in [5, 5.41) is 0.268. The Kier molecular flexibility index (Phi) is 9.55. The molecule has 2 unspecified atom stereocenters. The largest absolute Gasteiger partial charge is 0.465 e. The number of hydrogen-bond donors (Lipinski definition) is 0. The van der Waals surface area contributed by atoms with Crippen LogP contribution < -0.4 is 0 Å². The summed E-state index contributed by atoms with van der Waals surface area (Å²) in [4.78, 5) is 87.6. The van der Waals surface area contributed by atoms with Crippen molar-refractivity contribution < 1.29 is 38.2 Å². The molecule has 3 aromatic rings. The van der Waals surface area contributed by atoms with E-state index in [0.29, 0.717) is 5.56 Å². The van der Waals surface area contributed by atoms with Gasteiger partial charge in [-0.05, 0) is 49.7 Å². The van der Waals surface area contributed by atoms with Crippen LogP contribution in [0.25, 0.3) is 0 Å². The van der Waals surface area contributed by atoms with Crippen LogP contribution in [0.4, 0.5) is 0 Å². The van der Waals surface area contributed by atoms with E-state index in [1.807, 2.05) is 0 Å². The molecule has 0 aliphatic carbocycles. The van der Waals surface area contributed by atoms with E-state index in [0.717, 1.165) is 9.80 Å². The van der Waals surface area contributed by atoms with Crippen LogP contribution in [-0.4, -0.2) is 77.4 Å². The zero-order valence-electron chi connectivity index (χ0n) is 26.8. The highest BCUT2D eigenvalue weighted by atomic mass is 35.5. The van der Waals surface area contributed by atoms with E-state index in [9.17, 15) is 28.8 Å². The van der Waals surface area contributed by atoms with Gasteiger partial charge in [-0.3, -0.25) is 38.8 Å². The van der Waals surface area contributed by atoms with E-state index >= 15 is 0 Å². The lowest BCUT2D eigenvalue weighted by Gasteiger charge is -2.34. The van der Waals surface area contributed by atoms with Crippen LogP contribution in [0.3, 0.4) is 0 Å². The van der Waals surface area contributed by atoms with Gasteiger partial charge in [0.1, 0.15) is 5.92 Å². The second-order valence-electron chi connectivity index (χ2n) is 11.5. The fourth-order valence-electron chi connectivity index (χ4n) is 6.59. The predicted octanol–water partition coefficient (Wildman–Crippen LogP) is 5.25. The minimum absolute atomic E-state index is 0.0175. The van der Waals surface area contributed by atoms with Crippen LogP contribution in [0.2, 0.25) is 5.02 Å². The summed E-state index contributed by atoms with van der Waals surface area (Å²) < 4.78 is 11.0. The number of carbonyl (C=O) groups is 6. The van der Waals surface area contributed by atoms with E-state index in [-0.39, 0.29) is 83.4 Å². The third-order valence-electron chi connectivity index (χ3n) is 8.79. The van der Waals surface area contributed by atoms with Crippen LogP contribution in [0, 0.1) is 5.92 Å². The smallest absolute Gasteiger partial charge is 0.336 e. The molecular formula is C37H32ClN3O8. The predicted molar refractivity (Wildman–Crippen MR) is 178 cm³/mol. The van der Waals surface area contributed by atoms with Gasteiger partial charge in [-0.25, -0.2) is 4.79 Å². The fourth-order valence-corrected chi connectivity index (χ4v) is 6.85. The summed E-state index contributed by atoms with van der Waals surface area (Å²) in [6.07, 6.45) is -0.102. The third kappa shape index (κ3) is 6.06. The number of halogens is 1. The van der Waals surface area contributed by atoms with Crippen LogP contribution in [0.1, 0.15) is 79.6 Å². The molecule has 0 radical (unpaired) electrons. The van der Waals surface area contributed by atoms with E-state index in [4.69, 9.17) is 26.1 Å². The number of amides is 4. The average Bonchev–Trinajstić information content (AvgIpc) is 3.49. The third-order valence-corrected chi connectivity index (χ3v) is 9.13. The number of imide groups is 2. The molecular weight excluding hydrogens is 650 g/mol. The number of rotatable bonds is 11. The fraction of sp³-hybridized carbons (Fsp3) is 0.270. The number of fused-ring (bicyclic) bond motifs is 2. The van der Waals surface area contributed by atoms with Gasteiger partial charge in [-0.2, -0.15) is 0 Å². The normalized spacial score (nSPS) is 18.5. The molecule has 12 heteroatoms. The summed E-state index contributed by atoms with van der Waals surface area (Å²) >= 11 is 6.73. The van der Waals surface area contributed by atoms with Crippen LogP contribution in [-0.2, 0) is 19.1 Å². The summed E-state index contributed by atoms with van der Waals surface area (Å²) in [6, 6.07) is 19.7. The van der Waals surface area contributed by atoms with Crippen molar-refractivity contribution in [3.05, 3.63) is 117 Å². The van der Waals surface area contributed by atoms with Gasteiger partial charge in [-0.15, -0.1) is 0 Å². The maximum absolute atomic E-state index is 13.9. The zero-order chi connectivity index (χ0) is 34.8. The molecule has 250 valence electrons. The van der Waals surface area contributed by atoms with Gasteiger partial charge < -0.3 is 9.47 Å². The number of carbonyl (C=O) groups excluding carboxylic acids is 6. The molecule has 3 heterocycles. The average molecular weight is 682 g/mol. The van der Waals surface area contributed by atoms with Crippen molar-refractivity contribution in [3.63, 3.8) is 0 Å². The Bertz CT molecular complexity index is 1900. The summed E-state index contributed by atoms with van der Waals surface area (Å²) in [5.74, 6) is -5.55. The number of nitrogens with zero attached hydrogens (tertiary/aromatic N) is 3. The highest BCUT2D eigenvalue weighted by Gasteiger charge is 2.46. The van der Waals surface area contributed by atoms with Gasteiger partial charge in [0.2, 0.25) is 0 Å². The SMILES string of the molecule is CCOC(=O)C1=C(CCN2C(=O)c3ccccc3C2=O)N=C(CCN2C(=O)c3ccccc3C2=O)C(C(=O)OCC)C1c1ccccc1Cl. The maximum atomic E-state index is 13.9. The lowest BCUT2D eigenvalue weighted by molar-refractivity contribution is -0.146. The summed E-state index contributed by atoms with van der Waals surface area (Å²) in [5.41, 5.74) is 1.99. The molecule has 3 aliphatic heterocycles. The van der Waals surface area contributed by atoms with Crippen LogP contribution in [0.15, 0.2) is 89.1 Å². The van der Waals surface area contributed by atoms with E-state index in [1.165, 1.54) is 0 Å². The van der Waals surface area contributed by atoms with E-state index in [2.05, 4.69) is 0 Å². The number of aliphatic imine (C=N–C) groups is 1. The summed E-state index contributed by atoms with van der Waals surface area (Å²) in [6.45, 7) is 3.10. The first kappa shape index (κ1) is 33.5. The molecule has 0 aromatic heterocycles. The van der Waals surface area contributed by atoms with E-state index in [1.54, 1.807) is 86.6 Å². The first-order valence-electron chi connectivity index (χ1n) is 16.0. The van der Waals surface area contributed by atoms with Crippen molar-refractivity contribution in [2.45, 2.75) is 32.6 Å². The first-order chi connectivity index (χ1) is 23.7. The van der Waals surface area contributed by atoms with Gasteiger partial charge in [0, 0.05) is 42.6 Å². The van der Waals surface area contributed by atoms with Gasteiger partial charge in [0.15, 0.2) is 0 Å². The first-order valence-corrected chi connectivity index (χ1v) is 16.3. The van der Waals surface area contributed by atoms with Crippen molar-refractivity contribution in [3.8, 4) is 0 Å². The van der Waals surface area contributed by atoms with Crippen molar-refractivity contribution >= 4 is 52.9 Å². The van der Waals surface area contributed by atoms with Crippen molar-refractivity contribution in [1.82, 2.24) is 9.80 Å². The zero-order valence-corrected chi connectivity index (χ0v) is 27.6. The number of benzene rings is 3. The standard InChI is InChI=1S/C37H32ClN3O8/c1-3-48-36(46)30-27(17-19-40-32(42)21-11-5-6-12-22(21)33(40)43)39-28(18-20-41-34(44)23-13-7-8-14-24(23)35(41)45)31(37(47)49-4-2)29(30)25-15-9-10-16-26(25)38/h5-16,29-30H,3-4,17-20H2,1-2H3. The monoisotopic (exact) mass is 681 g/mol. The Morgan fingerprint density at radius 1 is 0.694 bits per heavy atom. The lowest BCUT2D eigenvalue weighted by atomic mass is 9.74. The minimum Gasteiger partial charge on any atom is -0.465 e. The molecule has 0 saturated carbocycles. The molecule has 0 fully saturated rings. The van der Waals surface area contributed by atoms with Crippen LogP contribution in [0.5, 0.6) is 0 Å². The molecule has 0 spiro atoms. The molecule has 4 amide bonds. The molecule has 49 heavy (non-hydrogen) atoms. The molecule has 3 aromatic carbocycles. The van der Waals surface area contributed by atoms with Gasteiger partial charge >= 0.3 is 11.9 Å². The quantitative estimate of drug-likeness (QED) is 0.198. The Morgan fingerprint density at radius 3 is 1.65 bits per heavy atom. The Labute approximate surface area is 287 Å². The molecule has 11 nitrogen and oxygen atoms in total. The number of ether oxygens (including phenoxy) is 2. The van der Waals surface area contributed by atoms with Crippen molar-refractivity contribution in [2.24, 2.45) is 10.9 Å². The van der Waals surface area contributed by atoms with Crippen molar-refractivity contribution in [1.29, 1.82) is 0 Å². The molecule has 3 aliphatic rings. The second-order valence-corrected chi connectivity index (χ2v) is 11.9. The topological polar surface area (TPSA) is 140 Å². The molecule has 0 bridgehead atoms. The Morgan fingerprint density at radius 2 is 1.16 bits per heavy atom. The lowest BCUT2D eigenvalue weighted by Crippen LogP contribution is -2.41. The Hall–Kier alpha value is -5.42. The highest BCUT2D eigenvalue weighted by molar-refractivity contribution is 6.31. The molecule has 0 N–H and O–H groups in total. The van der Waals surface area contributed by atoms with E-state index < -0.39 is 47.4 Å². The summed E-state index contributed by atoms with van der Waals surface area (Å²) in [7, 11) is 0. The van der Waals surface area contributed by atoms with Crippen molar-refractivity contribution in [2.75, 3.05) is 26.3 Å². The molecule has 2 atom stereocenters. The highest BCUT2D eigenvalue weighted by Crippen LogP contribution is 2.44. The van der Waals surface area contributed by atoms with Gasteiger partial charge in [0.05, 0.1) is 46.7 Å². The minimum atomic E-state index is -1.18. The van der Waals surface area contributed by atoms with Crippen LogP contribution >= 0.6 is 11.6 Å². The Balaban J connectivity index is 1.44. The molecule has 6 rings (SSSR count). The van der Waals surface area contributed by atoms with Gasteiger partial charge in [-0.1, -0.05) is 54.1 Å². The van der Waals surface area contributed by atoms with Gasteiger partial charge in [0.25, 0.3) is 23.6 Å². The second kappa shape index (κ2) is 14.0. The number of hydrogen-bond acceptors (Lipinski definition) is 9. The maximum Gasteiger partial charge on any atom is 0.336 e.